The molecule has 1 heterocycles. The topological polar surface area (TPSA) is 71.8 Å². The molecule has 1 amide bonds. The van der Waals surface area contributed by atoms with Gasteiger partial charge in [-0.05, 0) is 37.6 Å². The van der Waals surface area contributed by atoms with Crippen molar-refractivity contribution in [1.82, 2.24) is 20.3 Å². The van der Waals surface area contributed by atoms with Crippen molar-refractivity contribution in [3.05, 3.63) is 41.2 Å². The number of nitrogens with one attached hydrogen (secondary N) is 2. The van der Waals surface area contributed by atoms with Crippen molar-refractivity contribution in [3.63, 3.8) is 0 Å². The van der Waals surface area contributed by atoms with Gasteiger partial charge in [-0.15, -0.1) is 5.10 Å². The fraction of sp³-hybridized carbons (Fsp3) is 0.357. The van der Waals surface area contributed by atoms with Crippen molar-refractivity contribution in [2.24, 2.45) is 7.05 Å². The highest BCUT2D eigenvalue weighted by Crippen LogP contribution is 2.17. The predicted octanol–water partition coefficient (Wildman–Crippen LogP) is 1.49. The Morgan fingerprint density at radius 2 is 2.20 bits per heavy atom. The Hall–Kier alpha value is -2.37. The van der Waals surface area contributed by atoms with E-state index in [0.29, 0.717) is 18.7 Å². The lowest BCUT2D eigenvalue weighted by Gasteiger charge is -2.11. The van der Waals surface area contributed by atoms with Crippen molar-refractivity contribution in [3.8, 4) is 0 Å². The van der Waals surface area contributed by atoms with E-state index in [4.69, 9.17) is 0 Å². The summed E-state index contributed by atoms with van der Waals surface area (Å²) in [5, 5.41) is 13.8. The summed E-state index contributed by atoms with van der Waals surface area (Å²) >= 11 is 0. The number of hydrogen-bond donors (Lipinski definition) is 2. The molecule has 0 aliphatic rings. The van der Waals surface area contributed by atoms with Crippen LogP contribution in [0.3, 0.4) is 0 Å². The third-order valence-electron chi connectivity index (χ3n) is 3.09. The number of hydrogen-bond acceptors (Lipinski definition) is 4. The van der Waals surface area contributed by atoms with Crippen LogP contribution in [0.5, 0.6) is 0 Å². The van der Waals surface area contributed by atoms with Crippen LogP contribution in [-0.4, -0.2) is 27.4 Å². The van der Waals surface area contributed by atoms with Crippen molar-refractivity contribution in [1.29, 1.82) is 0 Å². The Morgan fingerprint density at radius 1 is 1.40 bits per heavy atom. The maximum absolute atomic E-state index is 11.7. The van der Waals surface area contributed by atoms with Crippen LogP contribution in [0, 0.1) is 6.92 Å². The molecule has 106 valence electrons. The molecule has 1 aromatic heterocycles. The number of amides is 1. The highest BCUT2D eigenvalue weighted by atomic mass is 16.1. The molecule has 2 aromatic rings. The molecule has 0 fully saturated rings. The molecular weight excluding hydrogens is 254 g/mol. The average Bonchev–Trinajstić information content (AvgIpc) is 2.83. The van der Waals surface area contributed by atoms with E-state index in [0.717, 1.165) is 16.9 Å². The first-order chi connectivity index (χ1) is 9.61. The Balaban J connectivity index is 2.06. The Labute approximate surface area is 118 Å². The van der Waals surface area contributed by atoms with Gasteiger partial charge in [0.1, 0.15) is 0 Å². The third kappa shape index (κ3) is 3.14. The molecule has 0 bridgehead atoms. The van der Waals surface area contributed by atoms with E-state index < -0.39 is 0 Å². The van der Waals surface area contributed by atoms with Gasteiger partial charge in [0, 0.05) is 24.8 Å². The van der Waals surface area contributed by atoms with E-state index >= 15 is 0 Å². The molecule has 1 aromatic carbocycles. The summed E-state index contributed by atoms with van der Waals surface area (Å²) in [5.74, 6) is -0.0435. The zero-order valence-corrected chi connectivity index (χ0v) is 12.0. The van der Waals surface area contributed by atoms with E-state index in [1.54, 1.807) is 10.9 Å². The monoisotopic (exact) mass is 273 g/mol. The first-order valence-corrected chi connectivity index (χ1v) is 6.58. The molecule has 0 saturated carbocycles. The summed E-state index contributed by atoms with van der Waals surface area (Å²) in [4.78, 5) is 11.7. The lowest BCUT2D eigenvalue weighted by molar-refractivity contribution is 0.0956. The molecular formula is C14H19N5O. The maximum Gasteiger partial charge on any atom is 0.251 e. The second-order valence-corrected chi connectivity index (χ2v) is 4.59. The van der Waals surface area contributed by atoms with Crippen molar-refractivity contribution >= 4 is 11.6 Å². The summed E-state index contributed by atoms with van der Waals surface area (Å²) in [7, 11) is 1.86. The SMILES string of the molecule is CCNC(=O)c1ccc(NCc2cnnn2C)c(C)c1. The van der Waals surface area contributed by atoms with Crippen LogP contribution in [0.1, 0.15) is 28.5 Å². The number of aryl methyl sites for hydroxylation is 2. The standard InChI is InChI=1S/C14H19N5O/c1-4-15-14(20)11-5-6-13(10(2)7-11)16-8-12-9-17-18-19(12)3/h5-7,9,16H,4,8H2,1-3H3,(H,15,20). The van der Waals surface area contributed by atoms with Crippen LogP contribution in [-0.2, 0) is 13.6 Å². The molecule has 0 saturated heterocycles. The molecule has 0 unspecified atom stereocenters. The van der Waals surface area contributed by atoms with Gasteiger partial charge in [0.15, 0.2) is 0 Å². The van der Waals surface area contributed by atoms with Gasteiger partial charge in [-0.25, -0.2) is 0 Å². The van der Waals surface area contributed by atoms with Crippen LogP contribution >= 0.6 is 0 Å². The summed E-state index contributed by atoms with van der Waals surface area (Å²) in [6.45, 7) is 5.16. The number of rotatable bonds is 5. The van der Waals surface area contributed by atoms with Gasteiger partial charge in [0.05, 0.1) is 18.4 Å². The largest absolute Gasteiger partial charge is 0.379 e. The van der Waals surface area contributed by atoms with Crippen LogP contribution in [0.15, 0.2) is 24.4 Å². The van der Waals surface area contributed by atoms with E-state index in [-0.39, 0.29) is 5.91 Å². The molecule has 0 aliphatic carbocycles. The Bertz CT molecular complexity index is 605. The van der Waals surface area contributed by atoms with Gasteiger partial charge in [0.2, 0.25) is 0 Å². The van der Waals surface area contributed by atoms with E-state index in [9.17, 15) is 4.79 Å². The molecule has 6 nitrogen and oxygen atoms in total. The highest BCUT2D eigenvalue weighted by Gasteiger charge is 2.07. The second kappa shape index (κ2) is 6.18. The molecule has 6 heteroatoms. The molecule has 0 atom stereocenters. The first-order valence-electron chi connectivity index (χ1n) is 6.58. The minimum atomic E-state index is -0.0435. The Kier molecular flexibility index (Phi) is 4.34. The van der Waals surface area contributed by atoms with Gasteiger partial charge in [-0.3, -0.25) is 9.48 Å². The molecule has 0 spiro atoms. The van der Waals surface area contributed by atoms with Crippen LogP contribution in [0.25, 0.3) is 0 Å². The number of carbonyl (C=O) groups is 1. The Morgan fingerprint density at radius 3 is 2.80 bits per heavy atom. The zero-order valence-electron chi connectivity index (χ0n) is 12.0. The summed E-state index contributed by atoms with van der Waals surface area (Å²) < 4.78 is 1.73. The van der Waals surface area contributed by atoms with Gasteiger partial charge < -0.3 is 10.6 Å². The van der Waals surface area contributed by atoms with Crippen molar-refractivity contribution in [2.75, 3.05) is 11.9 Å². The van der Waals surface area contributed by atoms with Crippen molar-refractivity contribution in [2.45, 2.75) is 20.4 Å². The van der Waals surface area contributed by atoms with E-state index in [1.807, 2.05) is 39.1 Å². The van der Waals surface area contributed by atoms with Crippen LogP contribution < -0.4 is 10.6 Å². The number of aromatic nitrogens is 3. The highest BCUT2D eigenvalue weighted by molar-refractivity contribution is 5.94. The first kappa shape index (κ1) is 14.0. The van der Waals surface area contributed by atoms with E-state index in [2.05, 4.69) is 20.9 Å². The average molecular weight is 273 g/mol. The van der Waals surface area contributed by atoms with Gasteiger partial charge in [-0.2, -0.15) is 0 Å². The van der Waals surface area contributed by atoms with Crippen molar-refractivity contribution < 1.29 is 4.79 Å². The predicted molar refractivity (Wildman–Crippen MR) is 77.5 cm³/mol. The lowest BCUT2D eigenvalue weighted by Crippen LogP contribution is -2.22. The van der Waals surface area contributed by atoms with Crippen LogP contribution in [0.2, 0.25) is 0 Å². The van der Waals surface area contributed by atoms with Crippen LogP contribution in [0.4, 0.5) is 5.69 Å². The fourth-order valence-corrected chi connectivity index (χ4v) is 1.92. The minimum Gasteiger partial charge on any atom is -0.379 e. The molecule has 0 aliphatic heterocycles. The smallest absolute Gasteiger partial charge is 0.251 e. The van der Waals surface area contributed by atoms with E-state index in [1.165, 1.54) is 0 Å². The number of nitrogens with zero attached hydrogens (tertiary/aromatic N) is 3. The van der Waals surface area contributed by atoms with Gasteiger partial charge in [0.25, 0.3) is 5.91 Å². The zero-order chi connectivity index (χ0) is 14.5. The number of anilines is 1. The fourth-order valence-electron chi connectivity index (χ4n) is 1.92. The van der Waals surface area contributed by atoms with Gasteiger partial charge in [-0.1, -0.05) is 5.21 Å². The lowest BCUT2D eigenvalue weighted by atomic mass is 10.1. The summed E-state index contributed by atoms with van der Waals surface area (Å²) in [6.07, 6.45) is 1.73. The van der Waals surface area contributed by atoms with Gasteiger partial charge >= 0.3 is 0 Å². The minimum absolute atomic E-state index is 0.0435. The summed E-state index contributed by atoms with van der Waals surface area (Å²) in [5.41, 5.74) is 3.71. The molecule has 2 N–H and O–H groups in total. The maximum atomic E-state index is 11.7. The summed E-state index contributed by atoms with van der Waals surface area (Å²) in [6, 6.07) is 5.63. The normalized spacial score (nSPS) is 10.3. The quantitative estimate of drug-likeness (QED) is 0.865. The molecule has 0 radical (unpaired) electrons. The third-order valence-corrected chi connectivity index (χ3v) is 3.09. The molecule has 2 rings (SSSR count). The molecule has 20 heavy (non-hydrogen) atoms. The number of benzene rings is 1. The number of carbonyl (C=O) groups excluding carboxylic acids is 1. The second-order valence-electron chi connectivity index (χ2n) is 4.59.